The highest BCUT2D eigenvalue weighted by atomic mass is 14.3. The van der Waals surface area contributed by atoms with Crippen molar-refractivity contribution in [3.05, 3.63) is 12.2 Å². The largest absolute Gasteiger partial charge is 0.0882 e. The van der Waals surface area contributed by atoms with E-state index >= 15 is 0 Å². The van der Waals surface area contributed by atoms with Crippen molar-refractivity contribution in [3.63, 3.8) is 0 Å². The summed E-state index contributed by atoms with van der Waals surface area (Å²) in [4.78, 5) is 0. The first-order chi connectivity index (χ1) is 5.97. The van der Waals surface area contributed by atoms with E-state index in [1.165, 1.54) is 38.5 Å². The Morgan fingerprint density at radius 2 is 1.75 bits per heavy atom. The summed E-state index contributed by atoms with van der Waals surface area (Å²) in [5.74, 6) is 2.04. The molecule has 0 aromatic carbocycles. The molecule has 2 atom stereocenters. The summed E-state index contributed by atoms with van der Waals surface area (Å²) in [5.41, 5.74) is 0. The van der Waals surface area contributed by atoms with E-state index in [0.29, 0.717) is 0 Å². The fourth-order valence-corrected chi connectivity index (χ4v) is 2.45. The number of hydrogen-bond acceptors (Lipinski definition) is 0. The predicted molar refractivity (Wildman–Crippen MR) is 55.2 cm³/mol. The molecular weight excluding hydrogens is 144 g/mol. The smallest absolute Gasteiger partial charge is 0.0205 e. The van der Waals surface area contributed by atoms with Gasteiger partial charge < -0.3 is 0 Å². The van der Waals surface area contributed by atoms with Gasteiger partial charge in [-0.1, -0.05) is 32.4 Å². The maximum absolute atomic E-state index is 2.48. The Morgan fingerprint density at radius 1 is 1.00 bits per heavy atom. The van der Waals surface area contributed by atoms with Crippen molar-refractivity contribution in [2.24, 2.45) is 11.8 Å². The molecular formula is C12H22. The van der Waals surface area contributed by atoms with Crippen molar-refractivity contribution in [3.8, 4) is 0 Å². The fourth-order valence-electron chi connectivity index (χ4n) is 2.45. The second-order valence-corrected chi connectivity index (χ2v) is 3.71. The molecule has 70 valence electrons. The lowest BCUT2D eigenvalue weighted by molar-refractivity contribution is 0.426. The van der Waals surface area contributed by atoms with Crippen LogP contribution >= 0.6 is 0 Å². The van der Waals surface area contributed by atoms with Crippen LogP contribution in [0, 0.1) is 11.8 Å². The molecule has 2 aliphatic rings. The van der Waals surface area contributed by atoms with Crippen molar-refractivity contribution in [2.75, 3.05) is 0 Å². The van der Waals surface area contributed by atoms with Crippen molar-refractivity contribution in [2.45, 2.75) is 52.4 Å². The summed E-state index contributed by atoms with van der Waals surface area (Å²) in [5, 5.41) is 0. The van der Waals surface area contributed by atoms with Crippen LogP contribution in [0.1, 0.15) is 52.4 Å². The van der Waals surface area contributed by atoms with Crippen LogP contribution in [-0.2, 0) is 0 Å². The third-order valence-electron chi connectivity index (χ3n) is 3.05. The zero-order chi connectivity index (χ0) is 8.81. The van der Waals surface area contributed by atoms with Crippen molar-refractivity contribution >= 4 is 0 Å². The highest BCUT2D eigenvalue weighted by Gasteiger charge is 2.25. The molecule has 2 aliphatic carbocycles. The Kier molecular flexibility index (Phi) is 4.42. The van der Waals surface area contributed by atoms with Crippen molar-refractivity contribution in [1.29, 1.82) is 0 Å². The molecule has 1 saturated carbocycles. The summed E-state index contributed by atoms with van der Waals surface area (Å²) in [6.45, 7) is 4.00. The molecule has 0 aromatic heterocycles. The molecule has 12 heavy (non-hydrogen) atoms. The molecule has 0 heteroatoms. The normalized spacial score (nSPS) is 33.2. The molecule has 0 nitrogen and oxygen atoms in total. The van der Waals surface area contributed by atoms with Gasteiger partial charge in [0.25, 0.3) is 0 Å². The van der Waals surface area contributed by atoms with Gasteiger partial charge in [-0.25, -0.2) is 0 Å². The quantitative estimate of drug-likeness (QED) is 0.474. The zero-order valence-corrected chi connectivity index (χ0v) is 8.55. The average molecular weight is 166 g/mol. The van der Waals surface area contributed by atoms with Crippen LogP contribution in [-0.4, -0.2) is 0 Å². The average Bonchev–Trinajstić information content (AvgIpc) is 2.46. The van der Waals surface area contributed by atoms with Crippen LogP contribution in [0.2, 0.25) is 0 Å². The number of fused-ring (bicyclic) bond motifs is 1. The van der Waals surface area contributed by atoms with Gasteiger partial charge >= 0.3 is 0 Å². The molecule has 0 heterocycles. The molecule has 2 rings (SSSR count). The predicted octanol–water partition coefficient (Wildman–Crippen LogP) is 4.17. The van der Waals surface area contributed by atoms with E-state index in [0.717, 1.165) is 11.8 Å². The van der Waals surface area contributed by atoms with E-state index in [-0.39, 0.29) is 0 Å². The van der Waals surface area contributed by atoms with E-state index in [1.54, 1.807) is 0 Å². The molecule has 0 aromatic rings. The number of hydrogen-bond donors (Lipinski definition) is 0. The summed E-state index contributed by atoms with van der Waals surface area (Å²) >= 11 is 0. The monoisotopic (exact) mass is 166 g/mol. The number of allylic oxidation sites excluding steroid dienone is 2. The molecule has 0 N–H and O–H groups in total. The summed E-state index contributed by atoms with van der Waals surface area (Å²) < 4.78 is 0. The lowest BCUT2D eigenvalue weighted by Gasteiger charge is -2.12. The third-order valence-corrected chi connectivity index (χ3v) is 3.05. The molecule has 2 unspecified atom stereocenters. The van der Waals surface area contributed by atoms with E-state index in [9.17, 15) is 0 Å². The summed E-state index contributed by atoms with van der Waals surface area (Å²) in [7, 11) is 0. The Morgan fingerprint density at radius 3 is 2.58 bits per heavy atom. The van der Waals surface area contributed by atoms with Gasteiger partial charge in [0.05, 0.1) is 0 Å². The van der Waals surface area contributed by atoms with E-state index < -0.39 is 0 Å². The van der Waals surface area contributed by atoms with Gasteiger partial charge in [0.15, 0.2) is 0 Å². The van der Waals surface area contributed by atoms with Crippen LogP contribution < -0.4 is 0 Å². The topological polar surface area (TPSA) is 0 Å². The minimum Gasteiger partial charge on any atom is -0.0882 e. The Labute approximate surface area is 77.1 Å². The first kappa shape index (κ1) is 9.83. The maximum Gasteiger partial charge on any atom is -0.0205 e. The lowest BCUT2D eigenvalue weighted by Crippen LogP contribution is -2.02. The van der Waals surface area contributed by atoms with Crippen LogP contribution in [0.15, 0.2) is 12.2 Å². The molecule has 0 saturated heterocycles. The molecule has 0 radical (unpaired) electrons. The molecule has 0 bridgehead atoms. The van der Waals surface area contributed by atoms with Crippen LogP contribution in [0.5, 0.6) is 0 Å². The van der Waals surface area contributed by atoms with E-state index in [2.05, 4.69) is 12.2 Å². The molecule has 1 fully saturated rings. The van der Waals surface area contributed by atoms with Gasteiger partial charge in [-0.05, 0) is 43.9 Å². The highest BCUT2D eigenvalue weighted by Crippen LogP contribution is 2.37. The molecule has 0 spiro atoms. The third kappa shape index (κ3) is 2.36. The Bertz CT molecular complexity index is 135. The van der Waals surface area contributed by atoms with Crippen LogP contribution in [0.3, 0.4) is 0 Å². The van der Waals surface area contributed by atoms with Gasteiger partial charge in [0, 0.05) is 0 Å². The van der Waals surface area contributed by atoms with E-state index in [4.69, 9.17) is 0 Å². The van der Waals surface area contributed by atoms with Gasteiger partial charge in [-0.15, -0.1) is 0 Å². The molecule has 0 amide bonds. The van der Waals surface area contributed by atoms with Gasteiger partial charge in [0.2, 0.25) is 0 Å². The Hall–Kier alpha value is -0.260. The zero-order valence-electron chi connectivity index (χ0n) is 8.55. The second kappa shape index (κ2) is 5.40. The van der Waals surface area contributed by atoms with E-state index in [1.807, 2.05) is 13.8 Å². The number of rotatable bonds is 0. The first-order valence-electron chi connectivity index (χ1n) is 5.63. The van der Waals surface area contributed by atoms with Gasteiger partial charge in [-0.3, -0.25) is 0 Å². The summed E-state index contributed by atoms with van der Waals surface area (Å²) in [6, 6.07) is 0. The van der Waals surface area contributed by atoms with Gasteiger partial charge in [-0.2, -0.15) is 0 Å². The summed E-state index contributed by atoms with van der Waals surface area (Å²) in [6.07, 6.45) is 13.6. The Balaban J connectivity index is 0.000000336. The van der Waals surface area contributed by atoms with Crippen molar-refractivity contribution in [1.82, 2.24) is 0 Å². The maximum atomic E-state index is 2.48. The minimum atomic E-state index is 0.975. The lowest BCUT2D eigenvalue weighted by atomic mass is 9.93. The van der Waals surface area contributed by atoms with Gasteiger partial charge in [0.1, 0.15) is 0 Å². The highest BCUT2D eigenvalue weighted by molar-refractivity contribution is 4.97. The molecule has 0 aliphatic heterocycles. The fraction of sp³-hybridized carbons (Fsp3) is 0.833. The van der Waals surface area contributed by atoms with Crippen molar-refractivity contribution < 1.29 is 0 Å². The SMILES string of the molecule is C1=CC2CCCC2CCC1.CC. The van der Waals surface area contributed by atoms with Crippen LogP contribution in [0.25, 0.3) is 0 Å². The van der Waals surface area contributed by atoms with Crippen LogP contribution in [0.4, 0.5) is 0 Å². The second-order valence-electron chi connectivity index (χ2n) is 3.71. The first-order valence-corrected chi connectivity index (χ1v) is 5.63. The standard InChI is InChI=1S/C10H16.C2H6/c1-2-5-9-7-4-8-10(9)6-3-1;1-2/h2,5,9-10H,1,3-4,6-8H2;1-2H3. The minimum absolute atomic E-state index is 0.975.